The number of ether oxygens (including phenoxy) is 3. The number of carbonyl (C=O) groups excluding carboxylic acids is 1. The molecule has 1 aliphatic carbocycles. The molecule has 0 aromatic carbocycles. The van der Waals surface area contributed by atoms with E-state index < -0.39 is 0 Å². The third-order valence-electron chi connectivity index (χ3n) is 7.59. The number of nitrogens with one attached hydrogen (secondary N) is 2. The summed E-state index contributed by atoms with van der Waals surface area (Å²) in [5.74, 6) is -0.222. The first-order valence-corrected chi connectivity index (χ1v) is 12.6. The zero-order chi connectivity index (χ0) is 25.5. The fraction of sp³-hybridized carbons (Fsp3) is 0.462. The molecule has 0 radical (unpaired) electrons. The Morgan fingerprint density at radius 3 is 2.76 bits per heavy atom. The van der Waals surface area contributed by atoms with E-state index in [0.717, 1.165) is 41.5 Å². The molecule has 1 saturated carbocycles. The molecule has 4 atom stereocenters. The summed E-state index contributed by atoms with van der Waals surface area (Å²) in [6.45, 7) is 1.20. The fourth-order valence-corrected chi connectivity index (χ4v) is 5.38. The van der Waals surface area contributed by atoms with E-state index in [1.54, 1.807) is 31.1 Å². The zero-order valence-electron chi connectivity index (χ0n) is 21.2. The summed E-state index contributed by atoms with van der Waals surface area (Å²) < 4.78 is 20.6. The monoisotopic (exact) mass is 505 g/mol. The quantitative estimate of drug-likeness (QED) is 0.394. The van der Waals surface area contributed by atoms with Gasteiger partial charge in [-0.2, -0.15) is 5.10 Å². The molecule has 0 spiro atoms. The Morgan fingerprint density at radius 1 is 1.14 bits per heavy atom. The van der Waals surface area contributed by atoms with Crippen LogP contribution < -0.4 is 10.6 Å². The zero-order valence-corrected chi connectivity index (χ0v) is 21.2. The summed E-state index contributed by atoms with van der Waals surface area (Å²) >= 11 is 0. The van der Waals surface area contributed by atoms with Crippen molar-refractivity contribution in [3.8, 4) is 11.3 Å². The number of nitrogens with zero attached hydrogens (tertiary/aromatic N) is 5. The van der Waals surface area contributed by atoms with Crippen LogP contribution in [0.25, 0.3) is 27.9 Å². The standard InChI is InChI=1S/C26H31N7O4/c1-27-19-11-18(31-33-21(12-29-25(19)33)26(34)30-17-6-7-22(17)35-2)16-13-32(24-15(16)5-4-9-28-24)20-8-10-37-14-23(20)36-3/h4-5,9,11-13,17,20,22-23,27H,6-8,10,14H2,1-3H3,(H,30,34)/t17?,20-,22-,23-/m0/s1. The summed E-state index contributed by atoms with van der Waals surface area (Å²) in [7, 11) is 5.22. The molecule has 2 N–H and O–H groups in total. The molecule has 37 heavy (non-hydrogen) atoms. The lowest BCUT2D eigenvalue weighted by atomic mass is 9.89. The number of aromatic nitrogens is 5. The first-order valence-electron chi connectivity index (χ1n) is 12.6. The molecule has 1 amide bonds. The highest BCUT2D eigenvalue weighted by atomic mass is 16.5. The lowest BCUT2D eigenvalue weighted by Gasteiger charge is -2.35. The van der Waals surface area contributed by atoms with Crippen LogP contribution in [0.1, 0.15) is 35.8 Å². The number of imidazole rings is 1. The molecule has 4 aromatic rings. The minimum atomic E-state index is -0.222. The number of hydrogen-bond acceptors (Lipinski definition) is 8. The second kappa shape index (κ2) is 9.73. The van der Waals surface area contributed by atoms with Crippen LogP contribution in [0.2, 0.25) is 0 Å². The van der Waals surface area contributed by atoms with Crippen LogP contribution in [0.3, 0.4) is 0 Å². The van der Waals surface area contributed by atoms with Crippen molar-refractivity contribution < 1.29 is 19.0 Å². The summed E-state index contributed by atoms with van der Waals surface area (Å²) in [5, 5.41) is 12.2. The summed E-state index contributed by atoms with van der Waals surface area (Å²) in [6.07, 6.45) is 8.07. The fourth-order valence-electron chi connectivity index (χ4n) is 5.38. The van der Waals surface area contributed by atoms with Gasteiger partial charge in [0.15, 0.2) is 11.3 Å². The Labute approximate surface area is 214 Å². The molecule has 1 unspecified atom stereocenters. The van der Waals surface area contributed by atoms with Crippen LogP contribution in [-0.4, -0.2) is 82.8 Å². The number of carbonyl (C=O) groups is 1. The van der Waals surface area contributed by atoms with Gasteiger partial charge in [0.1, 0.15) is 11.8 Å². The third kappa shape index (κ3) is 4.03. The molecule has 0 bridgehead atoms. The molecule has 4 aromatic heterocycles. The first-order chi connectivity index (χ1) is 18.1. The van der Waals surface area contributed by atoms with Crippen molar-refractivity contribution in [2.45, 2.75) is 43.6 Å². The van der Waals surface area contributed by atoms with Crippen LogP contribution in [0.15, 0.2) is 36.8 Å². The van der Waals surface area contributed by atoms with Crippen molar-refractivity contribution in [1.82, 2.24) is 29.5 Å². The highest BCUT2D eigenvalue weighted by Gasteiger charge is 2.33. The lowest BCUT2D eigenvalue weighted by Crippen LogP contribution is -2.51. The first kappa shape index (κ1) is 23.8. The van der Waals surface area contributed by atoms with Gasteiger partial charge in [-0.15, -0.1) is 0 Å². The highest BCUT2D eigenvalue weighted by molar-refractivity contribution is 5.96. The maximum Gasteiger partial charge on any atom is 0.271 e. The van der Waals surface area contributed by atoms with Crippen LogP contribution in [0.4, 0.5) is 5.69 Å². The number of anilines is 1. The minimum Gasteiger partial charge on any atom is -0.385 e. The largest absolute Gasteiger partial charge is 0.385 e. The Kier molecular flexibility index (Phi) is 6.27. The average molecular weight is 506 g/mol. The summed E-state index contributed by atoms with van der Waals surface area (Å²) in [4.78, 5) is 22.4. The van der Waals surface area contributed by atoms with Gasteiger partial charge < -0.3 is 29.4 Å². The molecule has 11 heteroatoms. The maximum atomic E-state index is 13.2. The molecular formula is C26H31N7O4. The number of hydrogen-bond donors (Lipinski definition) is 2. The van der Waals surface area contributed by atoms with E-state index in [-0.39, 0.29) is 30.2 Å². The predicted octanol–water partition coefficient (Wildman–Crippen LogP) is 2.67. The van der Waals surface area contributed by atoms with E-state index in [0.29, 0.717) is 30.2 Å². The molecule has 1 saturated heterocycles. The number of methoxy groups -OCH3 is 2. The molecule has 11 nitrogen and oxygen atoms in total. The van der Waals surface area contributed by atoms with E-state index in [1.165, 1.54) is 0 Å². The SMILES string of the molecule is CNc1cc(-c2cn([C@H]3CCOC[C@@H]3OC)c3ncccc23)nn2c(C(=O)NC3CC[C@@H]3OC)cnc12. The Morgan fingerprint density at radius 2 is 2.00 bits per heavy atom. The van der Waals surface area contributed by atoms with Gasteiger partial charge in [-0.25, -0.2) is 14.5 Å². The van der Waals surface area contributed by atoms with Gasteiger partial charge in [-0.1, -0.05) is 0 Å². The van der Waals surface area contributed by atoms with E-state index in [1.807, 2.05) is 25.2 Å². The second-order valence-electron chi connectivity index (χ2n) is 9.53. The van der Waals surface area contributed by atoms with Gasteiger partial charge in [0, 0.05) is 51.2 Å². The van der Waals surface area contributed by atoms with Crippen molar-refractivity contribution in [2.24, 2.45) is 0 Å². The maximum absolute atomic E-state index is 13.2. The number of pyridine rings is 1. The topological polar surface area (TPSA) is 117 Å². The van der Waals surface area contributed by atoms with Crippen molar-refractivity contribution in [2.75, 3.05) is 39.8 Å². The van der Waals surface area contributed by atoms with Crippen molar-refractivity contribution in [3.05, 3.63) is 42.5 Å². The molecule has 6 rings (SSSR count). The van der Waals surface area contributed by atoms with Gasteiger partial charge in [0.2, 0.25) is 0 Å². The Bertz CT molecular complexity index is 1450. The van der Waals surface area contributed by atoms with Gasteiger partial charge in [0.05, 0.1) is 42.4 Å². The van der Waals surface area contributed by atoms with Crippen molar-refractivity contribution in [1.29, 1.82) is 0 Å². The average Bonchev–Trinajstić information content (AvgIpc) is 3.53. The second-order valence-corrected chi connectivity index (χ2v) is 9.53. The molecule has 2 fully saturated rings. The van der Waals surface area contributed by atoms with Crippen molar-refractivity contribution in [3.63, 3.8) is 0 Å². The Balaban J connectivity index is 1.45. The van der Waals surface area contributed by atoms with Crippen LogP contribution in [-0.2, 0) is 14.2 Å². The van der Waals surface area contributed by atoms with Gasteiger partial charge in [0.25, 0.3) is 5.91 Å². The van der Waals surface area contributed by atoms with E-state index >= 15 is 0 Å². The van der Waals surface area contributed by atoms with Crippen molar-refractivity contribution >= 4 is 28.3 Å². The molecule has 194 valence electrons. The molecular weight excluding hydrogens is 474 g/mol. The number of fused-ring (bicyclic) bond motifs is 2. The van der Waals surface area contributed by atoms with Gasteiger partial charge >= 0.3 is 0 Å². The van der Waals surface area contributed by atoms with E-state index in [4.69, 9.17) is 24.3 Å². The molecule has 5 heterocycles. The highest BCUT2D eigenvalue weighted by Crippen LogP contribution is 2.35. The van der Waals surface area contributed by atoms with Gasteiger partial charge in [-0.05, 0) is 37.5 Å². The van der Waals surface area contributed by atoms with Crippen LogP contribution >= 0.6 is 0 Å². The van der Waals surface area contributed by atoms with Gasteiger partial charge in [-0.3, -0.25) is 4.79 Å². The predicted molar refractivity (Wildman–Crippen MR) is 138 cm³/mol. The third-order valence-corrected chi connectivity index (χ3v) is 7.59. The van der Waals surface area contributed by atoms with Crippen LogP contribution in [0.5, 0.6) is 0 Å². The summed E-state index contributed by atoms with van der Waals surface area (Å²) in [6, 6.07) is 6.01. The Hall–Kier alpha value is -3.54. The van der Waals surface area contributed by atoms with Crippen LogP contribution in [0, 0.1) is 0 Å². The van der Waals surface area contributed by atoms with E-state index in [9.17, 15) is 4.79 Å². The normalized spacial score (nSPS) is 23.8. The molecule has 2 aliphatic rings. The minimum absolute atomic E-state index is 0.00717. The lowest BCUT2D eigenvalue weighted by molar-refractivity contribution is -0.0592. The number of amides is 1. The molecule has 1 aliphatic heterocycles. The number of rotatable bonds is 7. The summed E-state index contributed by atoms with van der Waals surface area (Å²) in [5.41, 5.74) is 4.22. The van der Waals surface area contributed by atoms with E-state index in [2.05, 4.69) is 26.4 Å². The smallest absolute Gasteiger partial charge is 0.271 e.